The molecule has 0 bridgehead atoms. The van der Waals surface area contributed by atoms with Crippen molar-refractivity contribution in [2.75, 3.05) is 14.7 Å². The Bertz CT molecular complexity index is 3880. The average molecular weight is 1030 g/mol. The molecule has 4 heteroatoms. The predicted octanol–water partition coefficient (Wildman–Crippen LogP) is 17.5. The summed E-state index contributed by atoms with van der Waals surface area (Å²) in [6.07, 6.45) is 4.26. The Morgan fingerprint density at radius 3 is 1.62 bits per heavy atom. The average Bonchev–Trinajstić information content (AvgIpc) is 1.87. The summed E-state index contributed by atoms with van der Waals surface area (Å²) in [6.45, 7) is 36.7. The van der Waals surface area contributed by atoms with Gasteiger partial charge in [0.25, 0.3) is 6.71 Å². The van der Waals surface area contributed by atoms with E-state index in [1.165, 1.54) is 123 Å². The van der Waals surface area contributed by atoms with Gasteiger partial charge >= 0.3 is 0 Å². The maximum atomic E-state index is 2.93. The largest absolute Gasteiger partial charge is 0.331 e. The van der Waals surface area contributed by atoms with Crippen molar-refractivity contribution in [1.29, 1.82) is 0 Å². The molecule has 8 aromatic carbocycles. The maximum absolute atomic E-state index is 2.93. The van der Waals surface area contributed by atoms with Crippen molar-refractivity contribution in [3.05, 3.63) is 213 Å². The van der Waals surface area contributed by atoms with Crippen molar-refractivity contribution in [2.45, 2.75) is 174 Å². The molecule has 6 aliphatic rings. The Morgan fingerprint density at radius 1 is 0.443 bits per heavy atom. The fourth-order valence-electron chi connectivity index (χ4n) is 16.3. The van der Waals surface area contributed by atoms with E-state index in [1.807, 2.05) is 0 Å². The van der Waals surface area contributed by atoms with Crippen molar-refractivity contribution in [2.24, 2.45) is 0 Å². The number of rotatable bonds is 4. The smallest absolute Gasteiger partial charge is 0.252 e. The van der Waals surface area contributed by atoms with Gasteiger partial charge < -0.3 is 14.7 Å². The lowest BCUT2D eigenvalue weighted by Gasteiger charge is -2.54. The molecule has 8 aromatic rings. The number of benzene rings is 8. The monoisotopic (exact) mass is 1030 g/mol. The third-order valence-corrected chi connectivity index (χ3v) is 21.4. The van der Waals surface area contributed by atoms with Crippen LogP contribution < -0.4 is 31.1 Å². The molecule has 0 amide bonds. The van der Waals surface area contributed by atoms with Crippen LogP contribution in [0, 0.1) is 0 Å². The Balaban J connectivity index is 1.17. The van der Waals surface area contributed by atoms with Gasteiger partial charge in [0.05, 0.1) is 16.8 Å². The zero-order chi connectivity index (χ0) is 55.3. The SMILES string of the molecule is CC(C)c1ccc(N2c3cc(C(C)(C)C)ccc3B3c4cc(C(C)(C)C)cc5c4N(c4cc(N6c7ccc(C(C)(C)C)cc7C7(C)CCc8ccccc8C67C)cc2c43)C2(C)c3ccccc3CCC52C)c(-c2ccccc2)c1. The van der Waals surface area contributed by atoms with Gasteiger partial charge in [-0.1, -0.05) is 211 Å². The molecule has 14 rings (SSSR count). The molecule has 0 aromatic heterocycles. The molecule has 0 fully saturated rings. The number of aryl methyl sites for hydroxylation is 2. The second-order valence-corrected chi connectivity index (χ2v) is 29.0. The number of anilines is 7. The molecule has 0 spiro atoms. The van der Waals surface area contributed by atoms with Crippen molar-refractivity contribution in [1.82, 2.24) is 0 Å². The van der Waals surface area contributed by atoms with Gasteiger partial charge in [0.15, 0.2) is 0 Å². The van der Waals surface area contributed by atoms with Crippen molar-refractivity contribution >= 4 is 62.9 Å². The molecule has 4 aliphatic heterocycles. The molecule has 3 nitrogen and oxygen atoms in total. The van der Waals surface area contributed by atoms with E-state index >= 15 is 0 Å². The Hall–Kier alpha value is -6.78. The normalized spacial score (nSPS) is 23.1. The lowest BCUT2D eigenvalue weighted by atomic mass is 9.33. The van der Waals surface area contributed by atoms with Gasteiger partial charge in [-0.3, -0.25) is 0 Å². The molecule has 79 heavy (non-hydrogen) atoms. The minimum atomic E-state index is -0.411. The van der Waals surface area contributed by atoms with Crippen LogP contribution in [0.5, 0.6) is 0 Å². The molecular formula is C75H80BN3. The topological polar surface area (TPSA) is 9.72 Å². The lowest BCUT2D eigenvalue weighted by Crippen LogP contribution is -2.64. The van der Waals surface area contributed by atoms with Crippen molar-refractivity contribution in [3.63, 3.8) is 0 Å². The van der Waals surface area contributed by atoms with Crippen LogP contribution >= 0.6 is 0 Å². The number of hydrogen-bond acceptors (Lipinski definition) is 3. The van der Waals surface area contributed by atoms with Crippen LogP contribution in [0.1, 0.15) is 178 Å². The Morgan fingerprint density at radius 2 is 0.987 bits per heavy atom. The zero-order valence-electron chi connectivity index (χ0n) is 49.8. The lowest BCUT2D eigenvalue weighted by molar-refractivity contribution is 0.244. The fraction of sp³-hybridized carbons (Fsp3) is 0.360. The first-order valence-electron chi connectivity index (χ1n) is 29.8. The summed E-state index contributed by atoms with van der Waals surface area (Å²) in [5, 5.41) is 0. The fourth-order valence-corrected chi connectivity index (χ4v) is 16.3. The molecule has 0 saturated carbocycles. The van der Waals surface area contributed by atoms with Gasteiger partial charge in [0.2, 0.25) is 0 Å². The molecule has 4 atom stereocenters. The second-order valence-electron chi connectivity index (χ2n) is 29.0. The summed E-state index contributed by atoms with van der Waals surface area (Å²) < 4.78 is 0. The first-order valence-corrected chi connectivity index (χ1v) is 29.8. The van der Waals surface area contributed by atoms with E-state index in [-0.39, 0.29) is 33.8 Å². The molecular weight excluding hydrogens is 954 g/mol. The summed E-state index contributed by atoms with van der Waals surface area (Å²) in [5.74, 6) is 0.367. The third kappa shape index (κ3) is 6.67. The third-order valence-electron chi connectivity index (χ3n) is 21.4. The van der Waals surface area contributed by atoms with Gasteiger partial charge in [-0.25, -0.2) is 0 Å². The molecule has 398 valence electrons. The molecule has 4 heterocycles. The van der Waals surface area contributed by atoms with Gasteiger partial charge in [-0.15, -0.1) is 0 Å². The summed E-state index contributed by atoms with van der Waals surface area (Å²) in [5.41, 5.74) is 28.8. The molecule has 2 aliphatic carbocycles. The second kappa shape index (κ2) is 16.4. The van der Waals surface area contributed by atoms with Crippen LogP contribution in [0.25, 0.3) is 11.1 Å². The molecule has 4 unspecified atom stereocenters. The van der Waals surface area contributed by atoms with E-state index in [2.05, 4.69) is 276 Å². The molecule has 0 radical (unpaired) electrons. The Kier molecular flexibility index (Phi) is 10.5. The number of nitrogens with zero attached hydrogens (tertiary/aromatic N) is 3. The highest BCUT2D eigenvalue weighted by molar-refractivity contribution is 7.00. The highest BCUT2D eigenvalue weighted by Crippen LogP contribution is 2.68. The molecule has 0 saturated heterocycles. The van der Waals surface area contributed by atoms with Crippen LogP contribution in [0.2, 0.25) is 0 Å². The van der Waals surface area contributed by atoms with Gasteiger partial charge in [0, 0.05) is 50.5 Å². The molecule has 0 N–H and O–H groups in total. The first kappa shape index (κ1) is 50.4. The van der Waals surface area contributed by atoms with E-state index in [4.69, 9.17) is 0 Å². The predicted molar refractivity (Wildman–Crippen MR) is 338 cm³/mol. The van der Waals surface area contributed by atoms with E-state index in [9.17, 15) is 0 Å². The van der Waals surface area contributed by atoms with E-state index < -0.39 is 11.1 Å². The van der Waals surface area contributed by atoms with Crippen LogP contribution in [0.3, 0.4) is 0 Å². The highest BCUT2D eigenvalue weighted by Gasteiger charge is 2.65. The van der Waals surface area contributed by atoms with E-state index in [1.54, 1.807) is 0 Å². The summed E-state index contributed by atoms with van der Waals surface area (Å²) in [7, 11) is 0. The Labute approximate surface area is 473 Å². The summed E-state index contributed by atoms with van der Waals surface area (Å²) in [6, 6.07) is 63.4. The number of hydrogen-bond donors (Lipinski definition) is 0. The van der Waals surface area contributed by atoms with Crippen molar-refractivity contribution in [3.8, 4) is 11.1 Å². The summed E-state index contributed by atoms with van der Waals surface area (Å²) in [4.78, 5) is 8.53. The minimum Gasteiger partial charge on any atom is -0.331 e. The minimum absolute atomic E-state index is 0.000256. The first-order chi connectivity index (χ1) is 37.4. The van der Waals surface area contributed by atoms with E-state index in [0.717, 1.165) is 25.7 Å². The van der Waals surface area contributed by atoms with Gasteiger partial charge in [-0.05, 0) is 176 Å². The summed E-state index contributed by atoms with van der Waals surface area (Å²) >= 11 is 0. The van der Waals surface area contributed by atoms with Crippen LogP contribution in [-0.2, 0) is 51.0 Å². The zero-order valence-corrected chi connectivity index (χ0v) is 49.8. The van der Waals surface area contributed by atoms with E-state index in [0.29, 0.717) is 5.92 Å². The van der Waals surface area contributed by atoms with Gasteiger partial charge in [0.1, 0.15) is 0 Å². The van der Waals surface area contributed by atoms with Crippen LogP contribution in [0.15, 0.2) is 158 Å². The van der Waals surface area contributed by atoms with Gasteiger partial charge in [-0.2, -0.15) is 0 Å². The van der Waals surface area contributed by atoms with Crippen LogP contribution in [0.4, 0.5) is 39.8 Å². The standard InChI is InChI=1S/C75H80BN3/c1-46(2)50-29-33-62(55(39-50)47-23-17-16-18-24-47)77-64-43-52(70(6,7)8)30-32-60(64)76-61-42-53(71(9,10)11)41-59-68(61)79(75(15)57-28-22-20-26-49(57)36-38-73(59,75)13)66-45-54(44-65(77)67(66)76)78-63-34-31-51(69(3,4)5)40-58(63)72(12)37-35-48-25-19-21-27-56(48)74(72,78)14/h16-34,39-46H,35-38H2,1-15H3. The quantitative estimate of drug-likeness (QED) is 0.163. The number of fused-ring (bicyclic) bond motifs is 14. The highest BCUT2D eigenvalue weighted by atomic mass is 15.3. The maximum Gasteiger partial charge on any atom is 0.252 e. The van der Waals surface area contributed by atoms with Crippen LogP contribution in [-0.4, -0.2) is 6.71 Å². The van der Waals surface area contributed by atoms with Crippen molar-refractivity contribution < 1.29 is 0 Å².